The fraction of sp³-hybridized carbons (Fsp3) is 0.267. The molecule has 1 aliphatic heterocycles. The molecule has 1 aliphatic rings. The highest BCUT2D eigenvalue weighted by atomic mass is 32.1. The van der Waals surface area contributed by atoms with Crippen LogP contribution < -0.4 is 9.47 Å². The van der Waals surface area contributed by atoms with Gasteiger partial charge in [-0.05, 0) is 86.1 Å². The third-order valence-electron chi connectivity index (χ3n) is 6.45. The van der Waals surface area contributed by atoms with Gasteiger partial charge in [-0.15, -0.1) is 11.3 Å². The Morgan fingerprint density at radius 3 is 2.31 bits per heavy atom. The predicted octanol–water partition coefficient (Wildman–Crippen LogP) is 6.59. The number of hydrogen-bond acceptors (Lipinski definition) is 6. The number of benzene rings is 3. The van der Waals surface area contributed by atoms with Crippen LogP contribution in [-0.4, -0.2) is 42.9 Å². The first-order valence-electron chi connectivity index (χ1n) is 12.4. The summed E-state index contributed by atoms with van der Waals surface area (Å²) in [6, 6.07) is 22.8. The first kappa shape index (κ1) is 24.2. The average molecular weight is 500 g/mol. The summed E-state index contributed by atoms with van der Waals surface area (Å²) in [5.41, 5.74) is 2.23. The number of hydrogen-bond donors (Lipinski definition) is 0. The lowest BCUT2D eigenvalue weighted by atomic mass is 9.97. The molecule has 0 saturated carbocycles. The molecule has 36 heavy (non-hydrogen) atoms. The molecule has 184 valence electrons. The van der Waals surface area contributed by atoms with Gasteiger partial charge in [-0.1, -0.05) is 25.1 Å². The number of fused-ring (bicyclic) bond motifs is 1. The monoisotopic (exact) mass is 499 g/mol. The summed E-state index contributed by atoms with van der Waals surface area (Å²) >= 11 is 1.59. The maximum absolute atomic E-state index is 13.8. The molecule has 0 N–H and O–H groups in total. The van der Waals surface area contributed by atoms with Crippen molar-refractivity contribution in [1.82, 2.24) is 4.90 Å². The molecule has 1 saturated heterocycles. The smallest absolute Gasteiger partial charge is 0.310 e. The molecule has 0 spiro atoms. The largest absolute Gasteiger partial charge is 0.492 e. The van der Waals surface area contributed by atoms with Crippen LogP contribution in [0.15, 0.2) is 72.8 Å². The van der Waals surface area contributed by atoms with Crippen molar-refractivity contribution in [2.45, 2.75) is 26.2 Å². The van der Waals surface area contributed by atoms with Crippen molar-refractivity contribution >= 4 is 33.2 Å². The van der Waals surface area contributed by atoms with E-state index >= 15 is 0 Å². The Kier molecular flexibility index (Phi) is 7.44. The fourth-order valence-electron chi connectivity index (χ4n) is 4.50. The van der Waals surface area contributed by atoms with Crippen LogP contribution in [-0.2, 0) is 4.79 Å². The second kappa shape index (κ2) is 11.1. The lowest BCUT2D eigenvalue weighted by molar-refractivity contribution is -0.134. The van der Waals surface area contributed by atoms with Crippen molar-refractivity contribution in [3.8, 4) is 21.9 Å². The molecular formula is C30H29NO4S. The van der Waals surface area contributed by atoms with Gasteiger partial charge >= 0.3 is 5.97 Å². The molecule has 0 unspecified atom stereocenters. The highest BCUT2D eigenvalue weighted by Crippen LogP contribution is 2.40. The molecule has 6 heteroatoms. The third kappa shape index (κ3) is 5.35. The average Bonchev–Trinajstić information content (AvgIpc) is 3.57. The third-order valence-corrected chi connectivity index (χ3v) is 7.67. The van der Waals surface area contributed by atoms with E-state index < -0.39 is 0 Å². The molecule has 0 amide bonds. The van der Waals surface area contributed by atoms with Gasteiger partial charge in [0.15, 0.2) is 5.78 Å². The normalized spacial score (nSPS) is 13.7. The van der Waals surface area contributed by atoms with E-state index in [1.165, 1.54) is 12.8 Å². The number of rotatable bonds is 9. The quantitative estimate of drug-likeness (QED) is 0.148. The fourth-order valence-corrected chi connectivity index (χ4v) is 5.70. The molecule has 5 nitrogen and oxygen atoms in total. The van der Waals surface area contributed by atoms with E-state index in [1.807, 2.05) is 60.7 Å². The van der Waals surface area contributed by atoms with Crippen molar-refractivity contribution in [2.75, 3.05) is 26.2 Å². The minimum Gasteiger partial charge on any atom is -0.492 e. The molecule has 2 heterocycles. The standard InChI is InChI=1S/C30H29NO4S/c1-2-27(32)35-24-15-11-22(12-16-24)30-28(25-7-3-4-8-26(25)36-30)29(33)21-9-13-23(14-10-21)34-20-19-31-17-5-6-18-31/h3-4,7-16H,2,5-6,17-20H2,1H3. The maximum Gasteiger partial charge on any atom is 0.310 e. The van der Waals surface area contributed by atoms with Crippen molar-refractivity contribution in [3.05, 3.63) is 83.9 Å². The van der Waals surface area contributed by atoms with Crippen LogP contribution in [0.5, 0.6) is 11.5 Å². The van der Waals surface area contributed by atoms with Gasteiger partial charge < -0.3 is 9.47 Å². The lowest BCUT2D eigenvalue weighted by Gasteiger charge is -2.15. The van der Waals surface area contributed by atoms with Gasteiger partial charge in [-0.2, -0.15) is 0 Å². The van der Waals surface area contributed by atoms with E-state index in [9.17, 15) is 9.59 Å². The Morgan fingerprint density at radius 1 is 0.889 bits per heavy atom. The maximum atomic E-state index is 13.8. The SMILES string of the molecule is CCC(=O)Oc1ccc(-c2sc3ccccc3c2C(=O)c2ccc(OCCN3CCCC3)cc2)cc1. The molecule has 1 aromatic heterocycles. The van der Waals surface area contributed by atoms with Crippen molar-refractivity contribution in [3.63, 3.8) is 0 Å². The topological polar surface area (TPSA) is 55.8 Å². The van der Waals surface area contributed by atoms with Crippen molar-refractivity contribution < 1.29 is 19.1 Å². The molecule has 1 fully saturated rings. The van der Waals surface area contributed by atoms with E-state index in [0.29, 0.717) is 29.9 Å². The molecule has 0 bridgehead atoms. The van der Waals surface area contributed by atoms with Gasteiger partial charge in [0.1, 0.15) is 18.1 Å². The molecule has 0 aliphatic carbocycles. The predicted molar refractivity (Wildman–Crippen MR) is 144 cm³/mol. The zero-order valence-corrected chi connectivity index (χ0v) is 21.2. The number of carbonyl (C=O) groups is 2. The number of esters is 1. The van der Waals surface area contributed by atoms with Gasteiger partial charge in [0, 0.05) is 39.1 Å². The zero-order chi connectivity index (χ0) is 24.9. The summed E-state index contributed by atoms with van der Waals surface area (Å²) in [7, 11) is 0. The highest BCUT2D eigenvalue weighted by molar-refractivity contribution is 7.22. The second-order valence-electron chi connectivity index (χ2n) is 8.91. The first-order valence-corrected chi connectivity index (χ1v) is 13.3. The summed E-state index contributed by atoms with van der Waals surface area (Å²) in [4.78, 5) is 28.7. The van der Waals surface area contributed by atoms with E-state index in [4.69, 9.17) is 9.47 Å². The molecule has 5 rings (SSSR count). The van der Waals surface area contributed by atoms with E-state index in [2.05, 4.69) is 4.90 Å². The van der Waals surface area contributed by atoms with E-state index in [-0.39, 0.29) is 11.8 Å². The van der Waals surface area contributed by atoms with Crippen LogP contribution in [0.1, 0.15) is 42.1 Å². The van der Waals surface area contributed by atoms with Gasteiger partial charge in [0.05, 0.1) is 0 Å². The zero-order valence-electron chi connectivity index (χ0n) is 20.4. The summed E-state index contributed by atoms with van der Waals surface area (Å²) in [5.74, 6) is 0.981. The lowest BCUT2D eigenvalue weighted by Crippen LogP contribution is -2.25. The van der Waals surface area contributed by atoms with Gasteiger partial charge in [0.2, 0.25) is 0 Å². The number of nitrogens with zero attached hydrogens (tertiary/aromatic N) is 1. The number of likely N-dealkylation sites (tertiary alicyclic amines) is 1. The molecule has 4 aromatic rings. The Balaban J connectivity index is 1.38. The van der Waals surface area contributed by atoms with Crippen LogP contribution in [0.4, 0.5) is 0 Å². The van der Waals surface area contributed by atoms with E-state index in [1.54, 1.807) is 30.4 Å². The van der Waals surface area contributed by atoms with Gasteiger partial charge in [-0.3, -0.25) is 14.5 Å². The van der Waals surface area contributed by atoms with Gasteiger partial charge in [0.25, 0.3) is 0 Å². The van der Waals surface area contributed by atoms with Crippen LogP contribution in [0.25, 0.3) is 20.5 Å². The summed E-state index contributed by atoms with van der Waals surface area (Å²) < 4.78 is 12.3. The Bertz CT molecular complexity index is 1350. The Morgan fingerprint density at radius 2 is 1.58 bits per heavy atom. The van der Waals surface area contributed by atoms with Crippen molar-refractivity contribution in [2.24, 2.45) is 0 Å². The van der Waals surface area contributed by atoms with E-state index in [0.717, 1.165) is 45.9 Å². The van der Waals surface area contributed by atoms with Crippen LogP contribution in [0, 0.1) is 0 Å². The molecule has 3 aromatic carbocycles. The molecular weight excluding hydrogens is 470 g/mol. The summed E-state index contributed by atoms with van der Waals surface area (Å²) in [6.07, 6.45) is 2.86. The Hall–Kier alpha value is -3.48. The Labute approximate surface area is 215 Å². The summed E-state index contributed by atoms with van der Waals surface area (Å²) in [5, 5.41) is 0.940. The number of ether oxygens (including phenoxy) is 2. The highest BCUT2D eigenvalue weighted by Gasteiger charge is 2.21. The van der Waals surface area contributed by atoms with Crippen molar-refractivity contribution in [1.29, 1.82) is 0 Å². The minimum absolute atomic E-state index is 0.0208. The van der Waals surface area contributed by atoms with Gasteiger partial charge in [-0.25, -0.2) is 0 Å². The number of ketones is 1. The molecule has 0 atom stereocenters. The van der Waals surface area contributed by atoms with Crippen LogP contribution >= 0.6 is 11.3 Å². The van der Waals surface area contributed by atoms with Crippen LogP contribution in [0.3, 0.4) is 0 Å². The second-order valence-corrected chi connectivity index (χ2v) is 9.96. The van der Waals surface area contributed by atoms with Crippen LogP contribution in [0.2, 0.25) is 0 Å². The number of carbonyl (C=O) groups excluding carboxylic acids is 2. The first-order chi connectivity index (χ1) is 17.6. The molecule has 0 radical (unpaired) electrons. The summed E-state index contributed by atoms with van der Waals surface area (Å²) in [6.45, 7) is 5.65. The minimum atomic E-state index is -0.274. The number of thiophene rings is 1.